The maximum atomic E-state index is 12.9. The standard InChI is InChI=1S/C21H20N6O4S2/c1-13-8-10-15(11-9-13)19(28)23-20-24-25-21(32-20)33(29,30)27(3)12-17-22-18(26-31-17)16-7-5-4-6-14(16)2/h4-11H,12H2,1-3H3,(H,23,24,28). The van der Waals surface area contributed by atoms with Gasteiger partial charge >= 0.3 is 0 Å². The highest BCUT2D eigenvalue weighted by Gasteiger charge is 2.28. The highest BCUT2D eigenvalue weighted by Crippen LogP contribution is 2.25. The number of rotatable bonds is 7. The fourth-order valence-electron chi connectivity index (χ4n) is 2.90. The monoisotopic (exact) mass is 484 g/mol. The van der Waals surface area contributed by atoms with E-state index >= 15 is 0 Å². The molecule has 0 aliphatic carbocycles. The Morgan fingerprint density at radius 3 is 2.55 bits per heavy atom. The highest BCUT2D eigenvalue weighted by atomic mass is 32.2. The zero-order chi connectivity index (χ0) is 23.6. The molecule has 12 heteroatoms. The summed E-state index contributed by atoms with van der Waals surface area (Å²) in [7, 11) is -2.61. The minimum Gasteiger partial charge on any atom is -0.338 e. The average Bonchev–Trinajstić information content (AvgIpc) is 3.44. The van der Waals surface area contributed by atoms with Gasteiger partial charge in [0.15, 0.2) is 0 Å². The zero-order valence-corrected chi connectivity index (χ0v) is 19.6. The molecule has 0 unspecified atom stereocenters. The van der Waals surface area contributed by atoms with Crippen molar-refractivity contribution in [1.82, 2.24) is 24.6 Å². The minimum absolute atomic E-state index is 0.0761. The second-order valence-electron chi connectivity index (χ2n) is 7.28. The van der Waals surface area contributed by atoms with Gasteiger partial charge in [-0.3, -0.25) is 10.1 Å². The molecule has 4 aromatic rings. The Kier molecular flexibility index (Phi) is 6.31. The van der Waals surface area contributed by atoms with Crippen LogP contribution in [0.15, 0.2) is 57.4 Å². The number of amides is 1. The summed E-state index contributed by atoms with van der Waals surface area (Å²) in [6.45, 7) is 3.69. The molecule has 170 valence electrons. The lowest BCUT2D eigenvalue weighted by molar-refractivity contribution is 0.102. The Morgan fingerprint density at radius 2 is 1.82 bits per heavy atom. The summed E-state index contributed by atoms with van der Waals surface area (Å²) in [5.74, 6) is 0.112. The number of carbonyl (C=O) groups is 1. The Labute approximate surface area is 194 Å². The van der Waals surface area contributed by atoms with Crippen LogP contribution in [0.3, 0.4) is 0 Å². The van der Waals surface area contributed by atoms with E-state index in [1.807, 2.05) is 50.2 Å². The van der Waals surface area contributed by atoms with Gasteiger partial charge in [0.05, 0.1) is 6.54 Å². The summed E-state index contributed by atoms with van der Waals surface area (Å²) in [6, 6.07) is 14.5. The molecule has 0 saturated carbocycles. The molecular formula is C21H20N6O4S2. The Hall–Kier alpha value is -3.48. The third-order valence-corrected chi connectivity index (χ3v) is 7.77. The Balaban J connectivity index is 1.45. The summed E-state index contributed by atoms with van der Waals surface area (Å²) >= 11 is 0.758. The molecule has 4 rings (SSSR count). The Morgan fingerprint density at radius 1 is 1.09 bits per heavy atom. The first-order valence-corrected chi connectivity index (χ1v) is 12.1. The number of hydrogen-bond donors (Lipinski definition) is 1. The normalized spacial score (nSPS) is 11.6. The van der Waals surface area contributed by atoms with E-state index in [-0.39, 0.29) is 21.9 Å². The molecule has 0 aliphatic rings. The third kappa shape index (κ3) is 4.97. The summed E-state index contributed by atoms with van der Waals surface area (Å²) in [5.41, 5.74) is 3.22. The van der Waals surface area contributed by atoms with Gasteiger partial charge in [0, 0.05) is 18.2 Å². The van der Waals surface area contributed by atoms with Crippen LogP contribution in [0.2, 0.25) is 0 Å². The molecule has 2 aromatic heterocycles. The van der Waals surface area contributed by atoms with Gasteiger partial charge in [-0.05, 0) is 31.5 Å². The number of hydrogen-bond acceptors (Lipinski definition) is 9. The largest absolute Gasteiger partial charge is 0.338 e. The van der Waals surface area contributed by atoms with Gasteiger partial charge in [0.1, 0.15) is 0 Å². The predicted molar refractivity (Wildman–Crippen MR) is 122 cm³/mol. The van der Waals surface area contributed by atoms with Crippen LogP contribution in [-0.4, -0.2) is 46.0 Å². The van der Waals surface area contributed by atoms with Gasteiger partial charge in [-0.25, -0.2) is 8.42 Å². The predicted octanol–water partition coefficient (Wildman–Crippen LogP) is 3.28. The van der Waals surface area contributed by atoms with Crippen molar-refractivity contribution in [3.63, 3.8) is 0 Å². The van der Waals surface area contributed by atoms with E-state index in [0.717, 1.165) is 32.3 Å². The van der Waals surface area contributed by atoms with E-state index < -0.39 is 15.9 Å². The number of nitrogens with one attached hydrogen (secondary N) is 1. The maximum Gasteiger partial charge on any atom is 0.272 e. The van der Waals surface area contributed by atoms with Crippen molar-refractivity contribution >= 4 is 32.4 Å². The van der Waals surface area contributed by atoms with Crippen molar-refractivity contribution < 1.29 is 17.7 Å². The first kappa shape index (κ1) is 22.7. The fraction of sp³-hybridized carbons (Fsp3) is 0.190. The molecule has 0 radical (unpaired) electrons. The molecule has 2 heterocycles. The first-order valence-electron chi connectivity index (χ1n) is 9.80. The summed E-state index contributed by atoms with van der Waals surface area (Å²) in [5, 5.41) is 14.1. The molecule has 0 saturated heterocycles. The van der Waals surface area contributed by atoms with Gasteiger partial charge in [0.25, 0.3) is 15.9 Å². The summed E-state index contributed by atoms with van der Waals surface area (Å²) in [4.78, 5) is 16.6. The van der Waals surface area contributed by atoms with E-state index in [1.165, 1.54) is 7.05 Å². The second-order valence-corrected chi connectivity index (χ2v) is 10.5. The van der Waals surface area contributed by atoms with Crippen molar-refractivity contribution in [3.8, 4) is 11.4 Å². The minimum atomic E-state index is -3.99. The van der Waals surface area contributed by atoms with Crippen LogP contribution in [0.5, 0.6) is 0 Å². The van der Waals surface area contributed by atoms with E-state index in [1.54, 1.807) is 12.1 Å². The molecule has 0 bridgehead atoms. The molecule has 1 N–H and O–H groups in total. The van der Waals surface area contributed by atoms with Crippen molar-refractivity contribution in [2.24, 2.45) is 0 Å². The van der Waals surface area contributed by atoms with Gasteiger partial charge in [-0.2, -0.15) is 9.29 Å². The van der Waals surface area contributed by atoms with E-state index in [9.17, 15) is 13.2 Å². The van der Waals surface area contributed by atoms with Crippen molar-refractivity contribution in [2.75, 3.05) is 12.4 Å². The number of sulfonamides is 1. The zero-order valence-electron chi connectivity index (χ0n) is 18.0. The van der Waals surface area contributed by atoms with Crippen LogP contribution in [0.1, 0.15) is 27.4 Å². The van der Waals surface area contributed by atoms with Gasteiger partial charge in [-0.15, -0.1) is 10.2 Å². The molecular weight excluding hydrogens is 464 g/mol. The smallest absolute Gasteiger partial charge is 0.272 e. The molecule has 0 aliphatic heterocycles. The number of anilines is 1. The molecule has 0 fully saturated rings. The first-order chi connectivity index (χ1) is 15.7. The molecule has 33 heavy (non-hydrogen) atoms. The topological polar surface area (TPSA) is 131 Å². The maximum absolute atomic E-state index is 12.9. The van der Waals surface area contributed by atoms with Crippen molar-refractivity contribution in [2.45, 2.75) is 24.7 Å². The lowest BCUT2D eigenvalue weighted by atomic mass is 10.1. The number of nitrogens with zero attached hydrogens (tertiary/aromatic N) is 5. The molecule has 10 nitrogen and oxygen atoms in total. The highest BCUT2D eigenvalue weighted by molar-refractivity contribution is 7.91. The van der Waals surface area contributed by atoms with Crippen molar-refractivity contribution in [1.29, 1.82) is 0 Å². The fourth-order valence-corrected chi connectivity index (χ4v) is 5.10. The summed E-state index contributed by atoms with van der Waals surface area (Å²) < 4.78 is 31.8. The van der Waals surface area contributed by atoms with Crippen LogP contribution in [-0.2, 0) is 16.6 Å². The lowest BCUT2D eigenvalue weighted by Crippen LogP contribution is -2.26. The SMILES string of the molecule is Cc1ccc(C(=O)Nc2nnc(S(=O)(=O)N(C)Cc3nc(-c4ccccc4C)no3)s2)cc1. The molecule has 2 aromatic carbocycles. The van der Waals surface area contributed by atoms with Gasteiger partial charge in [0.2, 0.25) is 21.2 Å². The van der Waals surface area contributed by atoms with E-state index in [0.29, 0.717) is 11.4 Å². The van der Waals surface area contributed by atoms with Crippen LogP contribution < -0.4 is 5.32 Å². The lowest BCUT2D eigenvalue weighted by Gasteiger charge is -2.11. The molecule has 1 amide bonds. The number of carbonyl (C=O) groups excluding carboxylic acids is 1. The second kappa shape index (κ2) is 9.17. The van der Waals surface area contributed by atoms with E-state index in [4.69, 9.17) is 4.52 Å². The summed E-state index contributed by atoms with van der Waals surface area (Å²) in [6.07, 6.45) is 0. The average molecular weight is 485 g/mol. The quantitative estimate of drug-likeness (QED) is 0.395. The number of aryl methyl sites for hydroxylation is 2. The molecule has 0 spiro atoms. The van der Waals surface area contributed by atoms with Crippen LogP contribution in [0.25, 0.3) is 11.4 Å². The van der Waals surface area contributed by atoms with Gasteiger partial charge in [-0.1, -0.05) is 58.5 Å². The van der Waals surface area contributed by atoms with E-state index in [2.05, 4.69) is 25.7 Å². The van der Waals surface area contributed by atoms with Gasteiger partial charge < -0.3 is 4.52 Å². The Bertz CT molecular complexity index is 1400. The number of benzene rings is 2. The third-order valence-electron chi connectivity index (χ3n) is 4.78. The van der Waals surface area contributed by atoms with Crippen LogP contribution in [0, 0.1) is 13.8 Å². The van der Waals surface area contributed by atoms with Crippen LogP contribution >= 0.6 is 11.3 Å². The molecule has 0 atom stereocenters. The van der Waals surface area contributed by atoms with Crippen molar-refractivity contribution in [3.05, 3.63) is 71.1 Å². The number of aromatic nitrogens is 4. The van der Waals surface area contributed by atoms with Crippen LogP contribution in [0.4, 0.5) is 5.13 Å².